The molecule has 0 bridgehead atoms. The van der Waals surface area contributed by atoms with Gasteiger partial charge in [-0.25, -0.2) is 17.5 Å². The van der Waals surface area contributed by atoms with Crippen LogP contribution in [0, 0.1) is 5.82 Å². The first-order chi connectivity index (χ1) is 9.94. The van der Waals surface area contributed by atoms with Gasteiger partial charge < -0.3 is 4.57 Å². The molecule has 0 aliphatic carbocycles. The molecule has 1 heterocycles. The molecule has 1 N–H and O–H groups in total. The Morgan fingerprint density at radius 2 is 2.14 bits per heavy atom. The molecule has 1 aromatic heterocycles. The molecule has 0 unspecified atom stereocenters. The minimum absolute atomic E-state index is 0.0923. The first kappa shape index (κ1) is 15.9. The van der Waals surface area contributed by atoms with Crippen LogP contribution in [0.2, 0.25) is 0 Å². The summed E-state index contributed by atoms with van der Waals surface area (Å²) in [4.78, 5) is -0.0923. The zero-order chi connectivity index (χ0) is 15.5. The Kier molecular flexibility index (Phi) is 4.96. The Balaban J connectivity index is 2.01. The Morgan fingerprint density at radius 3 is 2.76 bits per heavy atom. The van der Waals surface area contributed by atoms with Crippen LogP contribution in [0.1, 0.15) is 5.82 Å². The monoisotopic (exact) mass is 330 g/mol. The van der Waals surface area contributed by atoms with E-state index in [1.54, 1.807) is 4.57 Å². The Morgan fingerprint density at radius 1 is 1.38 bits per heavy atom. The smallest absolute Gasteiger partial charge is 0.240 e. The summed E-state index contributed by atoms with van der Waals surface area (Å²) in [7, 11) is -1.90. The number of halogens is 1. The lowest BCUT2D eigenvalue weighted by molar-refractivity contribution is 0.576. The van der Waals surface area contributed by atoms with Gasteiger partial charge in [-0.1, -0.05) is 17.8 Å². The van der Waals surface area contributed by atoms with Gasteiger partial charge in [0.25, 0.3) is 0 Å². The predicted octanol–water partition coefficient (Wildman–Crippen LogP) is 1.20. The van der Waals surface area contributed by atoms with Crippen LogP contribution in [0.4, 0.5) is 4.39 Å². The van der Waals surface area contributed by atoms with Crippen molar-refractivity contribution in [1.29, 1.82) is 0 Å². The molecule has 0 spiro atoms. The maximum atomic E-state index is 13.1. The van der Waals surface area contributed by atoms with Gasteiger partial charge in [-0.05, 0) is 24.5 Å². The highest BCUT2D eigenvalue weighted by atomic mass is 32.2. The van der Waals surface area contributed by atoms with Crippen LogP contribution in [-0.4, -0.2) is 36.0 Å². The van der Waals surface area contributed by atoms with Crippen LogP contribution in [0.15, 0.2) is 34.3 Å². The van der Waals surface area contributed by atoms with Gasteiger partial charge in [0.1, 0.15) is 11.6 Å². The number of sulfonamides is 1. The molecule has 1 aromatic carbocycles. The van der Waals surface area contributed by atoms with Crippen molar-refractivity contribution in [3.8, 4) is 0 Å². The van der Waals surface area contributed by atoms with Crippen LogP contribution in [0.3, 0.4) is 0 Å². The van der Waals surface area contributed by atoms with Crippen LogP contribution in [-0.2, 0) is 23.5 Å². The molecule has 9 heteroatoms. The Hall–Kier alpha value is -1.45. The van der Waals surface area contributed by atoms with Crippen molar-refractivity contribution in [2.24, 2.45) is 7.05 Å². The lowest BCUT2D eigenvalue weighted by atomic mass is 10.4. The van der Waals surface area contributed by atoms with Crippen molar-refractivity contribution in [3.63, 3.8) is 0 Å². The first-order valence-corrected chi connectivity index (χ1v) is 8.82. The van der Waals surface area contributed by atoms with Gasteiger partial charge in [0, 0.05) is 20.0 Å². The third kappa shape index (κ3) is 3.80. The van der Waals surface area contributed by atoms with E-state index in [1.807, 2.05) is 13.3 Å². The molecule has 21 heavy (non-hydrogen) atoms. The zero-order valence-electron chi connectivity index (χ0n) is 11.6. The van der Waals surface area contributed by atoms with E-state index in [9.17, 15) is 12.8 Å². The number of nitrogens with zero attached hydrogens (tertiary/aromatic N) is 3. The molecule has 0 fully saturated rings. The third-order valence-electron chi connectivity index (χ3n) is 2.85. The number of benzene rings is 1. The minimum atomic E-state index is -3.72. The molecule has 6 nitrogen and oxygen atoms in total. The van der Waals surface area contributed by atoms with E-state index in [1.165, 1.54) is 30.0 Å². The summed E-state index contributed by atoms with van der Waals surface area (Å²) in [6, 6.07) is 4.88. The van der Waals surface area contributed by atoms with E-state index in [2.05, 4.69) is 14.9 Å². The second-order valence-electron chi connectivity index (χ2n) is 4.27. The van der Waals surface area contributed by atoms with E-state index in [-0.39, 0.29) is 11.4 Å². The summed E-state index contributed by atoms with van der Waals surface area (Å²) < 4.78 is 41.3. The fraction of sp³-hybridized carbons (Fsp3) is 0.333. The third-order valence-corrected chi connectivity index (χ3v) is 5.03. The molecule has 2 rings (SSSR count). The number of nitrogens with one attached hydrogen (secondary N) is 1. The number of hydrogen-bond donors (Lipinski definition) is 1. The molecular weight excluding hydrogens is 315 g/mol. The SMILES string of the molecule is CSc1nnc(CCNS(=O)(=O)c2cccc(F)c2)n1C. The summed E-state index contributed by atoms with van der Waals surface area (Å²) >= 11 is 1.46. The predicted molar refractivity (Wildman–Crippen MR) is 78.1 cm³/mol. The van der Waals surface area contributed by atoms with Crippen LogP contribution >= 0.6 is 11.8 Å². The van der Waals surface area contributed by atoms with Crippen molar-refractivity contribution < 1.29 is 12.8 Å². The van der Waals surface area contributed by atoms with Crippen molar-refractivity contribution >= 4 is 21.8 Å². The second kappa shape index (κ2) is 6.54. The summed E-state index contributed by atoms with van der Waals surface area (Å²) in [6.45, 7) is 0.166. The van der Waals surface area contributed by atoms with Gasteiger partial charge >= 0.3 is 0 Å². The molecule has 114 valence electrons. The molecule has 0 amide bonds. The number of hydrogen-bond acceptors (Lipinski definition) is 5. The summed E-state index contributed by atoms with van der Waals surface area (Å²) in [6.07, 6.45) is 2.29. The zero-order valence-corrected chi connectivity index (χ0v) is 13.2. The van der Waals surface area contributed by atoms with E-state index >= 15 is 0 Å². The highest BCUT2D eigenvalue weighted by molar-refractivity contribution is 7.98. The van der Waals surface area contributed by atoms with Gasteiger partial charge in [0.05, 0.1) is 4.90 Å². The van der Waals surface area contributed by atoms with E-state index < -0.39 is 15.8 Å². The number of rotatable bonds is 6. The fourth-order valence-electron chi connectivity index (χ4n) is 1.76. The standard InChI is InChI=1S/C12H15FN4O2S2/c1-17-11(15-16-12(17)20-2)6-7-14-21(18,19)10-5-3-4-9(13)8-10/h3-5,8,14H,6-7H2,1-2H3. The molecule has 0 aliphatic heterocycles. The van der Waals surface area contributed by atoms with Gasteiger partial charge in [-0.2, -0.15) is 0 Å². The molecule has 2 aromatic rings. The molecule has 0 radical (unpaired) electrons. The Bertz CT molecular complexity index is 731. The normalized spacial score (nSPS) is 11.8. The number of aromatic nitrogens is 3. The first-order valence-electron chi connectivity index (χ1n) is 6.11. The van der Waals surface area contributed by atoms with Crippen molar-refractivity contribution in [1.82, 2.24) is 19.5 Å². The van der Waals surface area contributed by atoms with Gasteiger partial charge in [-0.15, -0.1) is 10.2 Å². The molecule has 0 saturated heterocycles. The van der Waals surface area contributed by atoms with Gasteiger partial charge in [0.2, 0.25) is 10.0 Å². The average Bonchev–Trinajstić information content (AvgIpc) is 2.79. The highest BCUT2D eigenvalue weighted by Crippen LogP contribution is 2.12. The summed E-state index contributed by atoms with van der Waals surface area (Å²) in [5.74, 6) is 0.0945. The maximum Gasteiger partial charge on any atom is 0.240 e. The second-order valence-corrected chi connectivity index (χ2v) is 6.81. The van der Waals surface area contributed by atoms with E-state index in [4.69, 9.17) is 0 Å². The minimum Gasteiger partial charge on any atom is -0.309 e. The fourth-order valence-corrected chi connectivity index (χ4v) is 3.32. The van der Waals surface area contributed by atoms with Crippen molar-refractivity contribution in [2.45, 2.75) is 16.5 Å². The lowest BCUT2D eigenvalue weighted by Crippen LogP contribution is -2.26. The van der Waals surface area contributed by atoms with Crippen molar-refractivity contribution in [3.05, 3.63) is 35.9 Å². The topological polar surface area (TPSA) is 76.9 Å². The highest BCUT2D eigenvalue weighted by Gasteiger charge is 2.15. The summed E-state index contributed by atoms with van der Waals surface area (Å²) in [5, 5.41) is 8.72. The Labute approximate surface area is 126 Å². The van der Waals surface area contributed by atoms with Crippen LogP contribution in [0.5, 0.6) is 0 Å². The van der Waals surface area contributed by atoms with E-state index in [0.29, 0.717) is 12.2 Å². The van der Waals surface area contributed by atoms with Gasteiger partial charge in [-0.3, -0.25) is 0 Å². The largest absolute Gasteiger partial charge is 0.309 e. The van der Waals surface area contributed by atoms with Gasteiger partial charge in [0.15, 0.2) is 5.16 Å². The van der Waals surface area contributed by atoms with E-state index in [0.717, 1.165) is 11.2 Å². The number of thioether (sulfide) groups is 1. The summed E-state index contributed by atoms with van der Waals surface area (Å²) in [5.41, 5.74) is 0. The molecule has 0 atom stereocenters. The van der Waals surface area contributed by atoms with Crippen LogP contribution < -0.4 is 4.72 Å². The lowest BCUT2D eigenvalue weighted by Gasteiger charge is -2.07. The van der Waals surface area contributed by atoms with Crippen molar-refractivity contribution in [2.75, 3.05) is 12.8 Å². The molecule has 0 aliphatic rings. The maximum absolute atomic E-state index is 13.1. The molecular formula is C12H15FN4O2S2. The molecule has 0 saturated carbocycles. The quantitative estimate of drug-likeness (QED) is 0.805. The van der Waals surface area contributed by atoms with Crippen LogP contribution in [0.25, 0.3) is 0 Å². The average molecular weight is 330 g/mol.